The fourth-order valence-corrected chi connectivity index (χ4v) is 2.30. The summed E-state index contributed by atoms with van der Waals surface area (Å²) in [6.07, 6.45) is 0. The second kappa shape index (κ2) is 6.26. The van der Waals surface area contributed by atoms with Crippen LogP contribution in [-0.2, 0) is 6.54 Å². The van der Waals surface area contributed by atoms with Crippen molar-refractivity contribution in [1.29, 1.82) is 5.26 Å². The smallest absolute Gasteiger partial charge is 0.0992 e. The number of hydrogen-bond donors (Lipinski definition) is 0. The van der Waals surface area contributed by atoms with Crippen molar-refractivity contribution in [1.82, 2.24) is 0 Å². The summed E-state index contributed by atoms with van der Waals surface area (Å²) in [6, 6.07) is 17.8. The average Bonchev–Trinajstić information content (AvgIpc) is 2.46. The standard InChI is InChI=1S/C16H15ClN2/c1-2-19(12-13-6-4-3-5-7-13)16-9-8-14(11-18)10-15(16)17/h3-10H,2,12H2,1H3. The lowest BCUT2D eigenvalue weighted by Crippen LogP contribution is -2.22. The number of rotatable bonds is 4. The van der Waals surface area contributed by atoms with Gasteiger partial charge in [-0.05, 0) is 30.7 Å². The van der Waals surface area contributed by atoms with E-state index in [1.165, 1.54) is 5.56 Å². The topological polar surface area (TPSA) is 27.0 Å². The van der Waals surface area contributed by atoms with Gasteiger partial charge < -0.3 is 4.90 Å². The molecule has 2 aromatic rings. The average molecular weight is 271 g/mol. The van der Waals surface area contributed by atoms with Gasteiger partial charge in [-0.25, -0.2) is 0 Å². The molecule has 0 atom stereocenters. The number of hydrogen-bond acceptors (Lipinski definition) is 2. The van der Waals surface area contributed by atoms with E-state index in [0.29, 0.717) is 10.6 Å². The summed E-state index contributed by atoms with van der Waals surface area (Å²) >= 11 is 6.26. The van der Waals surface area contributed by atoms with Crippen molar-refractivity contribution in [3.05, 3.63) is 64.7 Å². The van der Waals surface area contributed by atoms with E-state index < -0.39 is 0 Å². The molecule has 96 valence electrons. The van der Waals surface area contributed by atoms with E-state index in [1.54, 1.807) is 12.1 Å². The Morgan fingerprint density at radius 2 is 1.89 bits per heavy atom. The van der Waals surface area contributed by atoms with Crippen LogP contribution in [0.5, 0.6) is 0 Å². The predicted octanol–water partition coefficient (Wildman–Crippen LogP) is 4.24. The minimum absolute atomic E-state index is 0.588. The normalized spacial score (nSPS) is 9.95. The Morgan fingerprint density at radius 3 is 2.47 bits per heavy atom. The van der Waals surface area contributed by atoms with E-state index in [0.717, 1.165) is 18.8 Å². The quantitative estimate of drug-likeness (QED) is 0.831. The maximum absolute atomic E-state index is 8.86. The summed E-state index contributed by atoms with van der Waals surface area (Å²) < 4.78 is 0. The first kappa shape index (κ1) is 13.5. The third kappa shape index (κ3) is 3.27. The van der Waals surface area contributed by atoms with Crippen LogP contribution in [0.4, 0.5) is 5.69 Å². The molecule has 2 aromatic carbocycles. The van der Waals surface area contributed by atoms with Gasteiger partial charge >= 0.3 is 0 Å². The van der Waals surface area contributed by atoms with E-state index in [-0.39, 0.29) is 0 Å². The van der Waals surface area contributed by atoms with E-state index in [1.807, 2.05) is 24.3 Å². The fraction of sp³-hybridized carbons (Fsp3) is 0.188. The fourth-order valence-electron chi connectivity index (χ4n) is 2.00. The highest BCUT2D eigenvalue weighted by Gasteiger charge is 2.09. The Morgan fingerprint density at radius 1 is 1.16 bits per heavy atom. The molecule has 2 rings (SSSR count). The molecule has 0 unspecified atom stereocenters. The van der Waals surface area contributed by atoms with Crippen molar-refractivity contribution in [2.24, 2.45) is 0 Å². The van der Waals surface area contributed by atoms with Crippen molar-refractivity contribution in [2.75, 3.05) is 11.4 Å². The second-order valence-corrected chi connectivity index (χ2v) is 4.68. The molecule has 19 heavy (non-hydrogen) atoms. The Kier molecular flexibility index (Phi) is 4.43. The molecule has 3 heteroatoms. The lowest BCUT2D eigenvalue weighted by atomic mass is 10.1. The summed E-state index contributed by atoms with van der Waals surface area (Å²) in [7, 11) is 0. The van der Waals surface area contributed by atoms with E-state index in [9.17, 15) is 0 Å². The van der Waals surface area contributed by atoms with Crippen LogP contribution in [0.1, 0.15) is 18.1 Å². The predicted molar refractivity (Wildman–Crippen MR) is 79.3 cm³/mol. The molecule has 2 nitrogen and oxygen atoms in total. The van der Waals surface area contributed by atoms with Crippen LogP contribution in [0.15, 0.2) is 48.5 Å². The number of nitrogens with zero attached hydrogens (tertiary/aromatic N) is 2. The van der Waals surface area contributed by atoms with Gasteiger partial charge in [-0.3, -0.25) is 0 Å². The summed E-state index contributed by atoms with van der Waals surface area (Å²) in [6.45, 7) is 3.76. The van der Waals surface area contributed by atoms with Crippen molar-refractivity contribution < 1.29 is 0 Å². The van der Waals surface area contributed by atoms with Gasteiger partial charge in [0.25, 0.3) is 0 Å². The third-order valence-corrected chi connectivity index (χ3v) is 3.32. The number of halogens is 1. The van der Waals surface area contributed by atoms with Crippen molar-refractivity contribution >= 4 is 17.3 Å². The number of anilines is 1. The summed E-state index contributed by atoms with van der Waals surface area (Å²) in [5.41, 5.74) is 2.79. The molecule has 0 aliphatic heterocycles. The van der Waals surface area contributed by atoms with Crippen LogP contribution in [0.2, 0.25) is 5.02 Å². The Bertz CT molecular complexity index is 587. The molecular weight excluding hydrogens is 256 g/mol. The lowest BCUT2D eigenvalue weighted by molar-refractivity contribution is 0.832. The Hall–Kier alpha value is -1.98. The molecule has 0 bridgehead atoms. The molecule has 0 saturated carbocycles. The third-order valence-electron chi connectivity index (χ3n) is 3.02. The monoisotopic (exact) mass is 270 g/mol. The highest BCUT2D eigenvalue weighted by atomic mass is 35.5. The largest absolute Gasteiger partial charge is 0.366 e. The number of nitriles is 1. The molecule has 0 spiro atoms. The van der Waals surface area contributed by atoms with Crippen LogP contribution in [0.3, 0.4) is 0 Å². The molecule has 0 radical (unpaired) electrons. The summed E-state index contributed by atoms with van der Waals surface area (Å²) in [5.74, 6) is 0. The first-order valence-electron chi connectivity index (χ1n) is 6.23. The molecule has 0 saturated heterocycles. The van der Waals surface area contributed by atoms with Crippen LogP contribution in [0, 0.1) is 11.3 Å². The first-order valence-corrected chi connectivity index (χ1v) is 6.61. The van der Waals surface area contributed by atoms with Crippen molar-refractivity contribution in [2.45, 2.75) is 13.5 Å². The zero-order chi connectivity index (χ0) is 13.7. The van der Waals surface area contributed by atoms with Crippen molar-refractivity contribution in [3.63, 3.8) is 0 Å². The maximum atomic E-state index is 8.86. The molecule has 0 aromatic heterocycles. The molecule has 0 heterocycles. The number of benzene rings is 2. The van der Waals surface area contributed by atoms with Crippen molar-refractivity contribution in [3.8, 4) is 6.07 Å². The van der Waals surface area contributed by atoms with Gasteiger partial charge in [-0.2, -0.15) is 5.26 Å². The summed E-state index contributed by atoms with van der Waals surface area (Å²) in [5, 5.41) is 9.48. The molecule has 0 fully saturated rings. The van der Waals surface area contributed by atoms with Gasteiger partial charge in [0.15, 0.2) is 0 Å². The zero-order valence-electron chi connectivity index (χ0n) is 10.8. The van der Waals surface area contributed by atoms with Crippen LogP contribution in [-0.4, -0.2) is 6.54 Å². The van der Waals surface area contributed by atoms with Gasteiger partial charge in [0.05, 0.1) is 22.3 Å². The highest BCUT2D eigenvalue weighted by molar-refractivity contribution is 6.33. The molecule has 0 amide bonds. The molecule has 0 aliphatic rings. The Labute approximate surface area is 118 Å². The van der Waals surface area contributed by atoms with Gasteiger partial charge in [-0.1, -0.05) is 41.9 Å². The summed E-state index contributed by atoms with van der Waals surface area (Å²) in [4.78, 5) is 2.19. The van der Waals surface area contributed by atoms with E-state index in [2.05, 4.69) is 30.0 Å². The SMILES string of the molecule is CCN(Cc1ccccc1)c1ccc(C#N)cc1Cl. The van der Waals surface area contributed by atoms with Crippen LogP contribution >= 0.6 is 11.6 Å². The first-order chi connectivity index (χ1) is 9.24. The highest BCUT2D eigenvalue weighted by Crippen LogP contribution is 2.27. The van der Waals surface area contributed by atoms with Gasteiger partial charge in [-0.15, -0.1) is 0 Å². The lowest BCUT2D eigenvalue weighted by Gasteiger charge is -2.24. The minimum Gasteiger partial charge on any atom is -0.366 e. The second-order valence-electron chi connectivity index (χ2n) is 4.28. The van der Waals surface area contributed by atoms with Gasteiger partial charge in [0.2, 0.25) is 0 Å². The van der Waals surface area contributed by atoms with E-state index >= 15 is 0 Å². The molecule has 0 N–H and O–H groups in total. The van der Waals surface area contributed by atoms with Crippen LogP contribution < -0.4 is 4.90 Å². The van der Waals surface area contributed by atoms with Gasteiger partial charge in [0, 0.05) is 13.1 Å². The van der Waals surface area contributed by atoms with Gasteiger partial charge in [0.1, 0.15) is 0 Å². The maximum Gasteiger partial charge on any atom is 0.0992 e. The van der Waals surface area contributed by atoms with Crippen LogP contribution in [0.25, 0.3) is 0 Å². The molecular formula is C16H15ClN2. The Balaban J connectivity index is 2.25. The molecule has 0 aliphatic carbocycles. The minimum atomic E-state index is 0.588. The zero-order valence-corrected chi connectivity index (χ0v) is 11.6. The van der Waals surface area contributed by atoms with E-state index in [4.69, 9.17) is 16.9 Å².